The second kappa shape index (κ2) is 5.54. The molecule has 0 radical (unpaired) electrons. The van der Waals surface area contributed by atoms with E-state index in [0.717, 1.165) is 0 Å². The van der Waals surface area contributed by atoms with Crippen LogP contribution < -0.4 is 0 Å². The molecule has 1 rings (SSSR count). The van der Waals surface area contributed by atoms with E-state index in [2.05, 4.69) is 0 Å². The van der Waals surface area contributed by atoms with Gasteiger partial charge in [-0.05, 0) is 6.92 Å². The third kappa shape index (κ3) is 2.48. The summed E-state index contributed by atoms with van der Waals surface area (Å²) in [6.07, 6.45) is -4.66. The second-order valence-electron chi connectivity index (χ2n) is 5.65. The van der Waals surface area contributed by atoms with Crippen LogP contribution in [-0.2, 0) is 9.47 Å². The lowest BCUT2D eigenvalue weighted by Gasteiger charge is -2.53. The molecule has 1 heterocycles. The van der Waals surface area contributed by atoms with E-state index < -0.39 is 44.5 Å². The van der Waals surface area contributed by atoms with Gasteiger partial charge in [0, 0.05) is 6.61 Å². The van der Waals surface area contributed by atoms with Crippen molar-refractivity contribution in [2.45, 2.75) is 56.4 Å². The van der Waals surface area contributed by atoms with Gasteiger partial charge in [-0.1, -0.05) is 19.6 Å². The third-order valence-electron chi connectivity index (χ3n) is 3.53. The van der Waals surface area contributed by atoms with Crippen molar-refractivity contribution in [1.82, 2.24) is 0 Å². The highest BCUT2D eigenvalue weighted by Gasteiger charge is 2.61. The van der Waals surface area contributed by atoms with Crippen molar-refractivity contribution < 1.29 is 29.9 Å². The quantitative estimate of drug-likeness (QED) is 0.497. The van der Waals surface area contributed by atoms with Gasteiger partial charge in [-0.15, -0.1) is 0 Å². The maximum Gasteiger partial charge on any atom is 0.186 e. The molecule has 1 fully saturated rings. The molecule has 18 heavy (non-hydrogen) atoms. The number of hydrogen-bond acceptors (Lipinski definition) is 6. The average Bonchev–Trinajstić information content (AvgIpc) is 2.28. The molecule has 0 aromatic heterocycles. The molecule has 0 unspecified atom stereocenters. The van der Waals surface area contributed by atoms with Crippen molar-refractivity contribution in [1.29, 1.82) is 0 Å². The predicted molar refractivity (Wildman–Crippen MR) is 67.7 cm³/mol. The van der Waals surface area contributed by atoms with Crippen LogP contribution in [-0.4, -0.2) is 71.5 Å². The number of ether oxygens (including phenoxy) is 2. The standard InChI is InChI=1S/C11H24O6Si/c1-5-16-10-9(14)11(15,18(2,3)4)8(13)7(6-12)17-10/h7-10,12-15H,5-6H2,1-4H3/t7-,8+,9+,10+,11+/m1/s1. The summed E-state index contributed by atoms with van der Waals surface area (Å²) in [5.74, 6) is 0. The van der Waals surface area contributed by atoms with Crippen LogP contribution in [0, 0.1) is 0 Å². The Morgan fingerprint density at radius 1 is 1.22 bits per heavy atom. The van der Waals surface area contributed by atoms with Gasteiger partial charge in [-0.25, -0.2) is 0 Å². The van der Waals surface area contributed by atoms with Crippen LogP contribution in [0.4, 0.5) is 0 Å². The zero-order chi connectivity index (χ0) is 14.1. The Kier molecular flexibility index (Phi) is 4.93. The molecule has 0 aromatic carbocycles. The summed E-state index contributed by atoms with van der Waals surface area (Å²) in [5, 5.41) is 38.7. The summed E-state index contributed by atoms with van der Waals surface area (Å²) in [5.41, 5.74) is 0. The first kappa shape index (κ1) is 16.0. The van der Waals surface area contributed by atoms with E-state index in [-0.39, 0.29) is 0 Å². The van der Waals surface area contributed by atoms with E-state index in [0.29, 0.717) is 6.61 Å². The summed E-state index contributed by atoms with van der Waals surface area (Å²) in [7, 11) is -2.35. The smallest absolute Gasteiger partial charge is 0.186 e. The Balaban J connectivity index is 3.11. The number of hydrogen-bond donors (Lipinski definition) is 4. The summed E-state index contributed by atoms with van der Waals surface area (Å²) in [6.45, 7) is 7.11. The van der Waals surface area contributed by atoms with Crippen LogP contribution in [0.1, 0.15) is 6.92 Å². The zero-order valence-corrected chi connectivity index (χ0v) is 12.3. The van der Waals surface area contributed by atoms with Crippen molar-refractivity contribution in [2.75, 3.05) is 13.2 Å². The molecule has 1 saturated heterocycles. The van der Waals surface area contributed by atoms with Gasteiger partial charge in [0.1, 0.15) is 23.5 Å². The minimum absolute atomic E-state index is 0.303. The second-order valence-corrected chi connectivity index (χ2v) is 10.9. The number of aliphatic hydroxyl groups is 4. The Morgan fingerprint density at radius 3 is 2.17 bits per heavy atom. The molecule has 7 heteroatoms. The van der Waals surface area contributed by atoms with E-state index in [4.69, 9.17) is 9.47 Å². The molecule has 1 aliphatic heterocycles. The largest absolute Gasteiger partial charge is 0.394 e. The molecule has 0 amide bonds. The molecule has 108 valence electrons. The SMILES string of the molecule is CCO[C@H]1O[C@H](CO)[C@H](O)[C@](O)([Si](C)(C)C)[C@H]1O. The number of aliphatic hydroxyl groups excluding tert-OH is 3. The predicted octanol–water partition coefficient (Wildman–Crippen LogP) is -0.930. The van der Waals surface area contributed by atoms with E-state index in [9.17, 15) is 20.4 Å². The first-order valence-corrected chi connectivity index (χ1v) is 9.66. The monoisotopic (exact) mass is 280 g/mol. The van der Waals surface area contributed by atoms with Gasteiger partial charge in [0.05, 0.1) is 14.7 Å². The van der Waals surface area contributed by atoms with Gasteiger partial charge in [0.15, 0.2) is 6.29 Å². The van der Waals surface area contributed by atoms with Gasteiger partial charge >= 0.3 is 0 Å². The fourth-order valence-corrected chi connectivity index (χ4v) is 4.41. The van der Waals surface area contributed by atoms with Crippen molar-refractivity contribution in [3.63, 3.8) is 0 Å². The average molecular weight is 280 g/mol. The molecule has 1 aliphatic rings. The molecule has 0 aromatic rings. The molecular formula is C11H24O6Si. The first-order chi connectivity index (χ1) is 8.20. The zero-order valence-electron chi connectivity index (χ0n) is 11.3. The highest BCUT2D eigenvalue weighted by Crippen LogP contribution is 2.37. The van der Waals surface area contributed by atoms with Crippen molar-refractivity contribution in [3.8, 4) is 0 Å². The minimum atomic E-state index is -2.35. The Labute approximate surface area is 108 Å². The maximum atomic E-state index is 10.7. The van der Waals surface area contributed by atoms with E-state index in [1.807, 2.05) is 19.6 Å². The Hall–Kier alpha value is -0.0231. The first-order valence-electron chi connectivity index (χ1n) is 6.16. The summed E-state index contributed by atoms with van der Waals surface area (Å²) in [6, 6.07) is 0. The molecular weight excluding hydrogens is 256 g/mol. The lowest BCUT2D eigenvalue weighted by atomic mass is 9.98. The fourth-order valence-electron chi connectivity index (χ4n) is 2.31. The molecule has 0 spiro atoms. The molecule has 0 bridgehead atoms. The summed E-state index contributed by atoms with van der Waals surface area (Å²) in [4.78, 5) is 0. The highest BCUT2D eigenvalue weighted by atomic mass is 28.3. The third-order valence-corrected chi connectivity index (χ3v) is 6.53. The topological polar surface area (TPSA) is 99.4 Å². The van der Waals surface area contributed by atoms with Crippen LogP contribution >= 0.6 is 0 Å². The fraction of sp³-hybridized carbons (Fsp3) is 1.00. The Bertz CT molecular complexity index is 281. The molecule has 0 saturated carbocycles. The lowest BCUT2D eigenvalue weighted by Crippen LogP contribution is -2.76. The van der Waals surface area contributed by atoms with Crippen molar-refractivity contribution in [2.24, 2.45) is 0 Å². The minimum Gasteiger partial charge on any atom is -0.394 e. The van der Waals surface area contributed by atoms with Crippen LogP contribution in [0.25, 0.3) is 0 Å². The van der Waals surface area contributed by atoms with Crippen LogP contribution in [0.15, 0.2) is 0 Å². The van der Waals surface area contributed by atoms with Gasteiger partial charge in [0.2, 0.25) is 0 Å². The molecule has 4 N–H and O–H groups in total. The lowest BCUT2D eigenvalue weighted by molar-refractivity contribution is -0.313. The summed E-state index contributed by atoms with van der Waals surface area (Å²) < 4.78 is 10.5. The van der Waals surface area contributed by atoms with Crippen LogP contribution in [0.3, 0.4) is 0 Å². The van der Waals surface area contributed by atoms with Crippen molar-refractivity contribution >= 4 is 8.07 Å². The van der Waals surface area contributed by atoms with Crippen molar-refractivity contribution in [3.05, 3.63) is 0 Å². The van der Waals surface area contributed by atoms with Gasteiger partial charge < -0.3 is 29.9 Å². The number of rotatable bonds is 4. The molecule has 6 nitrogen and oxygen atoms in total. The normalized spacial score (nSPS) is 42.0. The Morgan fingerprint density at radius 2 is 1.78 bits per heavy atom. The highest BCUT2D eigenvalue weighted by molar-refractivity contribution is 6.79. The maximum absolute atomic E-state index is 10.7. The molecule has 5 atom stereocenters. The van der Waals surface area contributed by atoms with Gasteiger partial charge in [-0.2, -0.15) is 0 Å². The van der Waals surface area contributed by atoms with E-state index in [1.165, 1.54) is 0 Å². The summed E-state index contributed by atoms with van der Waals surface area (Å²) >= 11 is 0. The van der Waals surface area contributed by atoms with Gasteiger partial charge in [-0.3, -0.25) is 0 Å². The van der Waals surface area contributed by atoms with Crippen LogP contribution in [0.5, 0.6) is 0 Å². The van der Waals surface area contributed by atoms with Crippen LogP contribution in [0.2, 0.25) is 19.6 Å². The molecule has 0 aliphatic carbocycles. The van der Waals surface area contributed by atoms with Gasteiger partial charge in [0.25, 0.3) is 0 Å². The van der Waals surface area contributed by atoms with E-state index in [1.54, 1.807) is 6.92 Å². The van der Waals surface area contributed by atoms with E-state index >= 15 is 0 Å².